The van der Waals surface area contributed by atoms with Crippen molar-refractivity contribution in [1.29, 1.82) is 0 Å². The normalized spacial score (nSPS) is 13.0. The summed E-state index contributed by atoms with van der Waals surface area (Å²) >= 11 is 0. The molecule has 0 fully saturated rings. The predicted molar refractivity (Wildman–Crippen MR) is 81.1 cm³/mol. The molecule has 0 bridgehead atoms. The van der Waals surface area contributed by atoms with Crippen molar-refractivity contribution in [1.82, 2.24) is 0 Å². The van der Waals surface area contributed by atoms with Crippen molar-refractivity contribution in [3.8, 4) is 0 Å². The Bertz CT molecular complexity index is 679. The van der Waals surface area contributed by atoms with Crippen LogP contribution in [0.4, 0.5) is 17.1 Å². The number of fused-ring (bicyclic) bond motifs is 1. The monoisotopic (exact) mass is 267 g/mol. The van der Waals surface area contributed by atoms with Crippen LogP contribution in [0.2, 0.25) is 0 Å². The van der Waals surface area contributed by atoms with Crippen LogP contribution in [-0.2, 0) is 12.8 Å². The van der Waals surface area contributed by atoms with E-state index in [4.69, 9.17) is 11.5 Å². The van der Waals surface area contributed by atoms with Gasteiger partial charge in [-0.2, -0.15) is 0 Å². The number of rotatable bonds is 3. The molecule has 3 rings (SSSR count). The second kappa shape index (κ2) is 4.89. The van der Waals surface area contributed by atoms with E-state index in [1.807, 2.05) is 6.07 Å². The molecule has 0 atom stereocenters. The molecule has 4 heteroatoms. The van der Waals surface area contributed by atoms with Crippen LogP contribution in [0.3, 0.4) is 0 Å². The summed E-state index contributed by atoms with van der Waals surface area (Å²) in [6.45, 7) is 0. The summed E-state index contributed by atoms with van der Waals surface area (Å²) in [5, 5.41) is 3.23. The van der Waals surface area contributed by atoms with E-state index < -0.39 is 5.91 Å². The Kier molecular flexibility index (Phi) is 3.06. The molecule has 2 aromatic rings. The fourth-order valence-electron chi connectivity index (χ4n) is 2.71. The number of hydrogen-bond acceptors (Lipinski definition) is 3. The van der Waals surface area contributed by atoms with Gasteiger partial charge in [0.25, 0.3) is 5.91 Å². The van der Waals surface area contributed by atoms with E-state index in [9.17, 15) is 4.79 Å². The smallest absolute Gasteiger partial charge is 0.250 e. The number of nitrogen functional groups attached to an aromatic ring is 1. The number of para-hydroxylation sites is 1. The van der Waals surface area contributed by atoms with Crippen molar-refractivity contribution in [2.75, 3.05) is 11.1 Å². The molecule has 0 unspecified atom stereocenters. The Hall–Kier alpha value is -2.49. The Balaban J connectivity index is 1.97. The summed E-state index contributed by atoms with van der Waals surface area (Å²) in [6, 6.07) is 11.4. The molecule has 1 aliphatic carbocycles. The second-order valence-electron chi connectivity index (χ2n) is 5.10. The van der Waals surface area contributed by atoms with E-state index >= 15 is 0 Å². The molecule has 0 aliphatic heterocycles. The van der Waals surface area contributed by atoms with Crippen molar-refractivity contribution in [2.24, 2.45) is 5.73 Å². The van der Waals surface area contributed by atoms with Gasteiger partial charge in [-0.05, 0) is 54.7 Å². The molecule has 0 heterocycles. The zero-order valence-electron chi connectivity index (χ0n) is 11.1. The molecule has 0 saturated carbocycles. The molecule has 0 aromatic heterocycles. The Morgan fingerprint density at radius 2 is 1.90 bits per heavy atom. The molecule has 102 valence electrons. The molecule has 1 amide bonds. The highest BCUT2D eigenvalue weighted by Gasteiger charge is 2.14. The molecular weight excluding hydrogens is 250 g/mol. The van der Waals surface area contributed by atoms with E-state index in [-0.39, 0.29) is 0 Å². The minimum Gasteiger partial charge on any atom is -0.397 e. The number of hydrogen-bond donors (Lipinski definition) is 3. The van der Waals surface area contributed by atoms with Crippen LogP contribution in [0.1, 0.15) is 27.9 Å². The predicted octanol–water partition coefficient (Wildman–Crippen LogP) is 2.60. The van der Waals surface area contributed by atoms with Gasteiger partial charge in [-0.15, -0.1) is 0 Å². The van der Waals surface area contributed by atoms with Gasteiger partial charge in [0, 0.05) is 5.69 Å². The first-order chi connectivity index (χ1) is 9.65. The molecule has 1 aliphatic rings. The van der Waals surface area contributed by atoms with Crippen LogP contribution in [0.15, 0.2) is 36.4 Å². The van der Waals surface area contributed by atoms with Gasteiger partial charge in [-0.3, -0.25) is 4.79 Å². The number of amides is 1. The van der Waals surface area contributed by atoms with Gasteiger partial charge in [-0.1, -0.05) is 12.1 Å². The van der Waals surface area contributed by atoms with Crippen molar-refractivity contribution >= 4 is 23.0 Å². The van der Waals surface area contributed by atoms with Crippen LogP contribution in [0.5, 0.6) is 0 Å². The summed E-state index contributed by atoms with van der Waals surface area (Å²) in [6.07, 6.45) is 3.46. The fraction of sp³-hybridized carbons (Fsp3) is 0.188. The average molecular weight is 267 g/mol. The maximum absolute atomic E-state index is 11.5. The SMILES string of the molecule is NC(=O)c1cccc(N)c1Nc1ccc2c(c1)CCC2. The second-order valence-corrected chi connectivity index (χ2v) is 5.10. The number of nitrogens with one attached hydrogen (secondary N) is 1. The topological polar surface area (TPSA) is 81.1 Å². The molecule has 20 heavy (non-hydrogen) atoms. The van der Waals surface area contributed by atoms with Crippen molar-refractivity contribution in [2.45, 2.75) is 19.3 Å². The lowest BCUT2D eigenvalue weighted by Gasteiger charge is -2.13. The Morgan fingerprint density at radius 1 is 1.10 bits per heavy atom. The molecule has 0 radical (unpaired) electrons. The molecule has 4 nitrogen and oxygen atoms in total. The maximum atomic E-state index is 11.5. The fourth-order valence-corrected chi connectivity index (χ4v) is 2.71. The van der Waals surface area contributed by atoms with Gasteiger partial charge < -0.3 is 16.8 Å². The van der Waals surface area contributed by atoms with Crippen LogP contribution in [0.25, 0.3) is 0 Å². The van der Waals surface area contributed by atoms with Gasteiger partial charge in [0.2, 0.25) is 0 Å². The lowest BCUT2D eigenvalue weighted by Crippen LogP contribution is -2.14. The number of nitrogens with two attached hydrogens (primary N) is 2. The molecule has 2 aromatic carbocycles. The highest BCUT2D eigenvalue weighted by atomic mass is 16.1. The van der Waals surface area contributed by atoms with Gasteiger partial charge in [-0.25, -0.2) is 0 Å². The zero-order valence-corrected chi connectivity index (χ0v) is 11.1. The first-order valence-electron chi connectivity index (χ1n) is 6.72. The molecule has 0 spiro atoms. The number of primary amides is 1. The molecule has 5 N–H and O–H groups in total. The van der Waals surface area contributed by atoms with E-state index in [0.717, 1.165) is 18.5 Å². The van der Waals surface area contributed by atoms with E-state index in [1.165, 1.54) is 17.5 Å². The van der Waals surface area contributed by atoms with E-state index in [1.54, 1.807) is 18.2 Å². The molecular formula is C16H17N3O. The van der Waals surface area contributed by atoms with Crippen LogP contribution >= 0.6 is 0 Å². The van der Waals surface area contributed by atoms with Crippen LogP contribution < -0.4 is 16.8 Å². The first-order valence-corrected chi connectivity index (χ1v) is 6.72. The van der Waals surface area contributed by atoms with Crippen molar-refractivity contribution < 1.29 is 4.79 Å². The lowest BCUT2D eigenvalue weighted by atomic mass is 10.1. The lowest BCUT2D eigenvalue weighted by molar-refractivity contribution is 0.100. The van der Waals surface area contributed by atoms with Crippen LogP contribution in [0, 0.1) is 0 Å². The van der Waals surface area contributed by atoms with E-state index in [0.29, 0.717) is 16.9 Å². The zero-order chi connectivity index (χ0) is 14.1. The van der Waals surface area contributed by atoms with Crippen LogP contribution in [-0.4, -0.2) is 5.91 Å². The van der Waals surface area contributed by atoms with E-state index in [2.05, 4.69) is 17.4 Å². The minimum atomic E-state index is -0.485. The van der Waals surface area contributed by atoms with Gasteiger partial charge in [0.05, 0.1) is 16.9 Å². The Morgan fingerprint density at radius 3 is 2.70 bits per heavy atom. The van der Waals surface area contributed by atoms with Gasteiger partial charge in [0.15, 0.2) is 0 Å². The van der Waals surface area contributed by atoms with Crippen molar-refractivity contribution in [3.05, 3.63) is 53.1 Å². The van der Waals surface area contributed by atoms with Crippen molar-refractivity contribution in [3.63, 3.8) is 0 Å². The molecule has 0 saturated heterocycles. The van der Waals surface area contributed by atoms with Gasteiger partial charge >= 0.3 is 0 Å². The summed E-state index contributed by atoms with van der Waals surface area (Å²) in [7, 11) is 0. The minimum absolute atomic E-state index is 0.408. The number of benzene rings is 2. The highest BCUT2D eigenvalue weighted by molar-refractivity contribution is 6.02. The Labute approximate surface area is 117 Å². The highest BCUT2D eigenvalue weighted by Crippen LogP contribution is 2.30. The number of carbonyl (C=O) groups is 1. The average Bonchev–Trinajstić information content (AvgIpc) is 2.88. The first kappa shape index (κ1) is 12.5. The third-order valence-corrected chi connectivity index (χ3v) is 3.73. The number of anilines is 3. The third kappa shape index (κ3) is 2.20. The number of carbonyl (C=O) groups excluding carboxylic acids is 1. The summed E-state index contributed by atoms with van der Waals surface area (Å²) in [5.41, 5.74) is 16.6. The van der Waals surface area contributed by atoms with Gasteiger partial charge in [0.1, 0.15) is 0 Å². The largest absolute Gasteiger partial charge is 0.397 e. The maximum Gasteiger partial charge on any atom is 0.250 e. The standard InChI is InChI=1S/C16H17N3O/c17-14-6-2-5-13(16(18)20)15(14)19-12-8-7-10-3-1-4-11(10)9-12/h2,5-9,19H,1,3-4,17H2,(H2,18,20). The summed E-state index contributed by atoms with van der Waals surface area (Å²) < 4.78 is 0. The summed E-state index contributed by atoms with van der Waals surface area (Å²) in [4.78, 5) is 11.5. The third-order valence-electron chi connectivity index (χ3n) is 3.73. The number of aryl methyl sites for hydroxylation is 2. The quantitative estimate of drug-likeness (QED) is 0.748. The summed E-state index contributed by atoms with van der Waals surface area (Å²) in [5.74, 6) is -0.485.